The van der Waals surface area contributed by atoms with E-state index in [4.69, 9.17) is 0 Å². The van der Waals surface area contributed by atoms with Crippen LogP contribution in [0, 0.1) is 0 Å². The van der Waals surface area contributed by atoms with Gasteiger partial charge in [-0.1, -0.05) is 12.8 Å². The van der Waals surface area contributed by atoms with Crippen LogP contribution in [-0.2, 0) is 4.79 Å². The molecular weight excluding hydrogens is 188 g/mol. The summed E-state index contributed by atoms with van der Waals surface area (Å²) < 4.78 is 0. The monoisotopic (exact) mass is 210 g/mol. The summed E-state index contributed by atoms with van der Waals surface area (Å²) in [4.78, 5) is 13.8. The van der Waals surface area contributed by atoms with Crippen LogP contribution in [0.25, 0.3) is 0 Å². The zero-order valence-electron chi connectivity index (χ0n) is 9.83. The van der Waals surface area contributed by atoms with Gasteiger partial charge in [0.1, 0.15) is 0 Å². The van der Waals surface area contributed by atoms with Gasteiger partial charge in [-0.05, 0) is 32.7 Å². The molecule has 86 valence electrons. The van der Waals surface area contributed by atoms with Crippen LogP contribution in [0.4, 0.5) is 0 Å². The smallest absolute Gasteiger partial charge is 0.219 e. The minimum Gasteiger partial charge on any atom is -0.335 e. The number of carbonyl (C=O) groups is 1. The Kier molecular flexibility index (Phi) is 3.29. The van der Waals surface area contributed by atoms with E-state index in [2.05, 4.69) is 10.2 Å². The van der Waals surface area contributed by atoms with Gasteiger partial charge in [0.2, 0.25) is 5.91 Å². The molecule has 1 amide bonds. The van der Waals surface area contributed by atoms with Crippen LogP contribution in [0.1, 0.15) is 45.4 Å². The molecule has 3 nitrogen and oxygen atoms in total. The van der Waals surface area contributed by atoms with Crippen LogP contribution in [0.5, 0.6) is 0 Å². The molecule has 1 N–H and O–H groups in total. The minimum absolute atomic E-state index is 0.268. The molecule has 0 aliphatic heterocycles. The van der Waals surface area contributed by atoms with Crippen molar-refractivity contribution in [3.63, 3.8) is 0 Å². The van der Waals surface area contributed by atoms with E-state index in [1.54, 1.807) is 6.92 Å². The Morgan fingerprint density at radius 2 is 1.87 bits per heavy atom. The van der Waals surface area contributed by atoms with Gasteiger partial charge in [0, 0.05) is 25.0 Å². The maximum absolute atomic E-state index is 11.7. The molecule has 2 rings (SSSR count). The normalized spacial score (nSPS) is 31.3. The molecule has 0 radical (unpaired) electrons. The predicted octanol–water partition coefficient (Wildman–Crippen LogP) is 1.53. The lowest BCUT2D eigenvalue weighted by molar-refractivity contribution is -0.133. The van der Waals surface area contributed by atoms with Gasteiger partial charge in [-0.15, -0.1) is 0 Å². The fraction of sp³-hybridized carbons (Fsp3) is 0.917. The van der Waals surface area contributed by atoms with Crippen molar-refractivity contribution in [2.75, 3.05) is 7.05 Å². The number of hydrogen-bond donors (Lipinski definition) is 1. The number of likely N-dealkylation sites (N-methyl/N-ethyl adjacent to an activating group) is 1. The third-order valence-electron chi connectivity index (χ3n) is 3.76. The molecule has 0 unspecified atom stereocenters. The highest BCUT2D eigenvalue weighted by Gasteiger charge is 2.39. The summed E-state index contributed by atoms with van der Waals surface area (Å²) in [5.74, 6) is 0.268. The van der Waals surface area contributed by atoms with Crippen molar-refractivity contribution in [1.29, 1.82) is 0 Å². The van der Waals surface area contributed by atoms with E-state index in [0.29, 0.717) is 18.1 Å². The number of rotatable bonds is 3. The quantitative estimate of drug-likeness (QED) is 0.766. The summed E-state index contributed by atoms with van der Waals surface area (Å²) in [6, 6.07) is 1.53. The summed E-state index contributed by atoms with van der Waals surface area (Å²) in [5.41, 5.74) is 0. The van der Waals surface area contributed by atoms with Gasteiger partial charge in [-0.2, -0.15) is 0 Å². The van der Waals surface area contributed by atoms with Gasteiger partial charge in [-0.25, -0.2) is 0 Å². The Hall–Kier alpha value is -0.570. The van der Waals surface area contributed by atoms with Gasteiger partial charge in [0.25, 0.3) is 0 Å². The first-order chi connectivity index (χ1) is 7.24. The molecule has 0 aromatic rings. The Morgan fingerprint density at radius 1 is 1.20 bits per heavy atom. The highest BCUT2D eigenvalue weighted by molar-refractivity contribution is 5.74. The zero-order chi connectivity index (χ0) is 10.8. The highest BCUT2D eigenvalue weighted by Crippen LogP contribution is 2.33. The summed E-state index contributed by atoms with van der Waals surface area (Å²) in [6.45, 7) is 1.72. The molecule has 2 aliphatic rings. The van der Waals surface area contributed by atoms with Crippen LogP contribution in [0.15, 0.2) is 0 Å². The first kappa shape index (κ1) is 10.9. The molecule has 15 heavy (non-hydrogen) atoms. The predicted molar refractivity (Wildman–Crippen MR) is 60.6 cm³/mol. The lowest BCUT2D eigenvalue weighted by Gasteiger charge is -2.39. The molecular formula is C12H22N2O. The van der Waals surface area contributed by atoms with Crippen LogP contribution in [-0.4, -0.2) is 36.0 Å². The first-order valence-corrected chi connectivity index (χ1v) is 6.20. The van der Waals surface area contributed by atoms with Crippen LogP contribution < -0.4 is 5.32 Å². The fourth-order valence-electron chi connectivity index (χ4n) is 2.90. The average Bonchev–Trinajstić information content (AvgIpc) is 3.03. The molecule has 3 heteroatoms. The Morgan fingerprint density at radius 3 is 2.40 bits per heavy atom. The summed E-state index contributed by atoms with van der Waals surface area (Å²) in [6.07, 6.45) is 7.41. The minimum atomic E-state index is 0.268. The van der Waals surface area contributed by atoms with E-state index in [0.717, 1.165) is 0 Å². The Bertz CT molecular complexity index is 238. The standard InChI is InChI=1S/C12H22N2O/c1-9(15)14(10-7-8-10)12-6-4-3-5-11(12)13-2/h10-13H,3-8H2,1-2H3/t11-,12+/m1/s1. The molecule has 0 heterocycles. The average molecular weight is 210 g/mol. The van der Waals surface area contributed by atoms with Crippen molar-refractivity contribution >= 4 is 5.91 Å². The molecule has 0 saturated heterocycles. The van der Waals surface area contributed by atoms with Gasteiger partial charge < -0.3 is 10.2 Å². The lowest BCUT2D eigenvalue weighted by Crippen LogP contribution is -2.53. The van der Waals surface area contributed by atoms with Gasteiger partial charge in [-0.3, -0.25) is 4.79 Å². The summed E-state index contributed by atoms with van der Waals surface area (Å²) >= 11 is 0. The molecule has 0 spiro atoms. The SMILES string of the molecule is CN[C@@H]1CCCC[C@@H]1N(C(C)=O)C1CC1. The molecule has 0 bridgehead atoms. The van der Waals surface area contributed by atoms with Gasteiger partial charge in [0.05, 0.1) is 0 Å². The fourth-order valence-corrected chi connectivity index (χ4v) is 2.90. The highest BCUT2D eigenvalue weighted by atomic mass is 16.2. The van der Waals surface area contributed by atoms with E-state index in [-0.39, 0.29) is 5.91 Å². The van der Waals surface area contributed by atoms with Crippen molar-refractivity contribution in [2.24, 2.45) is 0 Å². The molecule has 2 fully saturated rings. The Labute approximate surface area is 92.2 Å². The second-order valence-electron chi connectivity index (χ2n) is 4.90. The van der Waals surface area contributed by atoms with Crippen molar-refractivity contribution in [3.05, 3.63) is 0 Å². The molecule has 2 aliphatic carbocycles. The number of amides is 1. The van der Waals surface area contributed by atoms with Crippen LogP contribution in [0.2, 0.25) is 0 Å². The molecule has 0 aromatic heterocycles. The number of hydrogen-bond acceptors (Lipinski definition) is 2. The third-order valence-corrected chi connectivity index (χ3v) is 3.76. The number of nitrogens with zero attached hydrogens (tertiary/aromatic N) is 1. The van der Waals surface area contributed by atoms with Gasteiger partial charge >= 0.3 is 0 Å². The van der Waals surface area contributed by atoms with Crippen molar-refractivity contribution < 1.29 is 4.79 Å². The summed E-state index contributed by atoms with van der Waals surface area (Å²) in [7, 11) is 2.02. The maximum atomic E-state index is 11.7. The van der Waals surface area contributed by atoms with E-state index in [1.165, 1.54) is 38.5 Å². The second kappa shape index (κ2) is 4.52. The van der Waals surface area contributed by atoms with E-state index < -0.39 is 0 Å². The lowest BCUT2D eigenvalue weighted by atomic mass is 9.89. The van der Waals surface area contributed by atoms with E-state index in [9.17, 15) is 4.79 Å². The third kappa shape index (κ3) is 2.33. The van der Waals surface area contributed by atoms with E-state index in [1.807, 2.05) is 7.05 Å². The summed E-state index contributed by atoms with van der Waals surface area (Å²) in [5, 5.41) is 3.38. The van der Waals surface area contributed by atoms with Crippen molar-refractivity contribution in [2.45, 2.75) is 63.6 Å². The largest absolute Gasteiger partial charge is 0.335 e. The number of nitrogens with one attached hydrogen (secondary N) is 1. The first-order valence-electron chi connectivity index (χ1n) is 6.20. The van der Waals surface area contributed by atoms with Gasteiger partial charge in [0.15, 0.2) is 0 Å². The van der Waals surface area contributed by atoms with Crippen LogP contribution >= 0.6 is 0 Å². The molecule has 2 atom stereocenters. The van der Waals surface area contributed by atoms with Crippen LogP contribution in [0.3, 0.4) is 0 Å². The maximum Gasteiger partial charge on any atom is 0.219 e. The second-order valence-corrected chi connectivity index (χ2v) is 4.90. The Balaban J connectivity index is 2.06. The van der Waals surface area contributed by atoms with Crippen molar-refractivity contribution in [3.8, 4) is 0 Å². The zero-order valence-corrected chi connectivity index (χ0v) is 9.83. The number of carbonyl (C=O) groups excluding carboxylic acids is 1. The topological polar surface area (TPSA) is 32.3 Å². The van der Waals surface area contributed by atoms with E-state index >= 15 is 0 Å². The molecule has 0 aromatic carbocycles. The molecule has 2 saturated carbocycles. The van der Waals surface area contributed by atoms with Crippen molar-refractivity contribution in [1.82, 2.24) is 10.2 Å².